The first kappa shape index (κ1) is 22.1. The lowest BCUT2D eigenvalue weighted by atomic mass is 9.93. The zero-order chi connectivity index (χ0) is 21.3. The van der Waals surface area contributed by atoms with E-state index in [0.29, 0.717) is 22.2 Å². The van der Waals surface area contributed by atoms with Crippen molar-refractivity contribution >= 4 is 29.0 Å². The van der Waals surface area contributed by atoms with Gasteiger partial charge in [-0.1, -0.05) is 42.5 Å². The molecule has 2 N–H and O–H groups in total. The highest BCUT2D eigenvalue weighted by molar-refractivity contribution is 7.80. The van der Waals surface area contributed by atoms with Crippen molar-refractivity contribution in [3.05, 3.63) is 71.3 Å². The highest BCUT2D eigenvalue weighted by Gasteiger charge is 2.19. The smallest absolute Gasteiger partial charge is 0.257 e. The maximum absolute atomic E-state index is 12.3. The van der Waals surface area contributed by atoms with Gasteiger partial charge in [-0.2, -0.15) is 0 Å². The van der Waals surface area contributed by atoms with Gasteiger partial charge in [0.25, 0.3) is 5.91 Å². The zero-order valence-electron chi connectivity index (χ0n) is 17.4. The standard InChI is InChI=1S/C24H29N3O2S/c1-18(28)21-7-9-22(10-8-21)23(29)26-24(30)25-14-11-19-12-15-27(16-13-19)17-20-5-3-2-4-6-20/h2-10,19H,11-17H2,1H3,(H2,25,26,29,30). The fourth-order valence-corrected chi connectivity index (χ4v) is 3.94. The first-order valence-corrected chi connectivity index (χ1v) is 10.9. The van der Waals surface area contributed by atoms with Crippen LogP contribution in [0.5, 0.6) is 0 Å². The molecule has 1 saturated heterocycles. The second-order valence-corrected chi connectivity index (χ2v) is 8.25. The van der Waals surface area contributed by atoms with E-state index in [0.717, 1.165) is 32.6 Å². The Morgan fingerprint density at radius 3 is 2.27 bits per heavy atom. The van der Waals surface area contributed by atoms with E-state index in [-0.39, 0.29) is 11.7 Å². The van der Waals surface area contributed by atoms with Gasteiger partial charge < -0.3 is 5.32 Å². The molecule has 0 saturated carbocycles. The summed E-state index contributed by atoms with van der Waals surface area (Å²) < 4.78 is 0. The van der Waals surface area contributed by atoms with Crippen LogP contribution in [0, 0.1) is 5.92 Å². The first-order chi connectivity index (χ1) is 14.5. The van der Waals surface area contributed by atoms with Gasteiger partial charge in [0.15, 0.2) is 10.9 Å². The van der Waals surface area contributed by atoms with Crippen LogP contribution in [0.15, 0.2) is 54.6 Å². The van der Waals surface area contributed by atoms with Crippen molar-refractivity contribution in [2.24, 2.45) is 5.92 Å². The van der Waals surface area contributed by atoms with E-state index in [1.165, 1.54) is 25.3 Å². The number of Topliss-reactive ketones (excluding diaryl/α,β-unsaturated/α-hetero) is 1. The SMILES string of the molecule is CC(=O)c1ccc(C(=O)NC(=S)NCCC2CCN(Cc3ccccc3)CC2)cc1. The van der Waals surface area contributed by atoms with Crippen LogP contribution in [0.4, 0.5) is 0 Å². The number of likely N-dealkylation sites (tertiary alicyclic amines) is 1. The Hall–Kier alpha value is -2.57. The predicted octanol–water partition coefficient (Wildman–Crippen LogP) is 3.80. The average Bonchev–Trinajstić information content (AvgIpc) is 2.76. The fraction of sp³-hybridized carbons (Fsp3) is 0.375. The number of piperidine rings is 1. The van der Waals surface area contributed by atoms with E-state index >= 15 is 0 Å². The van der Waals surface area contributed by atoms with E-state index in [4.69, 9.17) is 12.2 Å². The molecular formula is C24H29N3O2S. The Balaban J connectivity index is 1.33. The Labute approximate surface area is 183 Å². The molecule has 0 aromatic heterocycles. The summed E-state index contributed by atoms with van der Waals surface area (Å²) in [6.45, 7) is 5.52. The van der Waals surface area contributed by atoms with Crippen LogP contribution in [-0.4, -0.2) is 41.3 Å². The molecule has 0 unspecified atom stereocenters. The molecule has 0 atom stereocenters. The fourth-order valence-electron chi connectivity index (χ4n) is 3.74. The molecule has 1 heterocycles. The molecule has 3 rings (SSSR count). The predicted molar refractivity (Wildman–Crippen MR) is 124 cm³/mol. The van der Waals surface area contributed by atoms with E-state index in [9.17, 15) is 9.59 Å². The third-order valence-corrected chi connectivity index (χ3v) is 5.82. The molecule has 30 heavy (non-hydrogen) atoms. The van der Waals surface area contributed by atoms with Gasteiger partial charge in [-0.15, -0.1) is 0 Å². The third kappa shape index (κ3) is 6.75. The monoisotopic (exact) mass is 423 g/mol. The van der Waals surface area contributed by atoms with Crippen LogP contribution < -0.4 is 10.6 Å². The van der Waals surface area contributed by atoms with Gasteiger partial charge >= 0.3 is 0 Å². The lowest BCUT2D eigenvalue weighted by Crippen LogP contribution is -2.40. The van der Waals surface area contributed by atoms with Crippen LogP contribution >= 0.6 is 12.2 Å². The summed E-state index contributed by atoms with van der Waals surface area (Å²) in [6.07, 6.45) is 3.43. The van der Waals surface area contributed by atoms with E-state index < -0.39 is 0 Å². The Kier molecular flexibility index (Phi) is 8.11. The normalized spacial score (nSPS) is 14.8. The minimum Gasteiger partial charge on any atom is -0.362 e. The molecule has 0 aliphatic carbocycles. The number of benzene rings is 2. The van der Waals surface area contributed by atoms with Gasteiger partial charge in [0.2, 0.25) is 0 Å². The van der Waals surface area contributed by atoms with Crippen LogP contribution in [0.2, 0.25) is 0 Å². The number of rotatable bonds is 7. The number of hydrogen-bond acceptors (Lipinski definition) is 4. The number of ketones is 1. The molecule has 1 aliphatic heterocycles. The van der Waals surface area contributed by atoms with Crippen molar-refractivity contribution < 1.29 is 9.59 Å². The maximum Gasteiger partial charge on any atom is 0.257 e. The Morgan fingerprint density at radius 2 is 1.63 bits per heavy atom. The number of hydrogen-bond donors (Lipinski definition) is 2. The highest BCUT2D eigenvalue weighted by Crippen LogP contribution is 2.21. The molecule has 158 valence electrons. The van der Waals surface area contributed by atoms with Gasteiger partial charge in [0, 0.05) is 24.2 Å². The lowest BCUT2D eigenvalue weighted by molar-refractivity contribution is 0.0973. The minimum atomic E-state index is -0.267. The van der Waals surface area contributed by atoms with Gasteiger partial charge in [0.05, 0.1) is 0 Å². The van der Waals surface area contributed by atoms with Crippen molar-refractivity contribution in [1.29, 1.82) is 0 Å². The molecule has 2 aromatic carbocycles. The average molecular weight is 424 g/mol. The molecule has 0 bridgehead atoms. The second-order valence-electron chi connectivity index (χ2n) is 7.84. The molecule has 1 amide bonds. The Bertz CT molecular complexity index is 860. The quantitative estimate of drug-likeness (QED) is 0.524. The zero-order valence-corrected chi connectivity index (χ0v) is 18.2. The molecule has 2 aromatic rings. The van der Waals surface area contributed by atoms with E-state index in [1.807, 2.05) is 0 Å². The number of nitrogens with one attached hydrogen (secondary N) is 2. The van der Waals surface area contributed by atoms with Crippen molar-refractivity contribution in [2.45, 2.75) is 32.7 Å². The maximum atomic E-state index is 12.3. The summed E-state index contributed by atoms with van der Waals surface area (Å²) in [7, 11) is 0. The summed E-state index contributed by atoms with van der Waals surface area (Å²) in [4.78, 5) is 26.1. The topological polar surface area (TPSA) is 61.4 Å². The summed E-state index contributed by atoms with van der Waals surface area (Å²) in [5.41, 5.74) is 2.44. The molecule has 1 fully saturated rings. The summed E-state index contributed by atoms with van der Waals surface area (Å²) in [5, 5.41) is 6.19. The summed E-state index contributed by atoms with van der Waals surface area (Å²) >= 11 is 5.25. The van der Waals surface area contributed by atoms with Crippen LogP contribution in [0.3, 0.4) is 0 Å². The van der Waals surface area contributed by atoms with E-state index in [1.54, 1.807) is 24.3 Å². The van der Waals surface area contributed by atoms with Crippen molar-refractivity contribution in [3.63, 3.8) is 0 Å². The number of carbonyl (C=O) groups is 2. The Morgan fingerprint density at radius 1 is 1.00 bits per heavy atom. The number of carbonyl (C=O) groups excluding carboxylic acids is 2. The number of nitrogens with zero attached hydrogens (tertiary/aromatic N) is 1. The van der Waals surface area contributed by atoms with Gasteiger partial charge in [0.1, 0.15) is 0 Å². The molecule has 5 nitrogen and oxygen atoms in total. The molecular weight excluding hydrogens is 394 g/mol. The van der Waals surface area contributed by atoms with Gasteiger partial charge in [-0.25, -0.2) is 0 Å². The largest absolute Gasteiger partial charge is 0.362 e. The molecule has 0 radical (unpaired) electrons. The van der Waals surface area contributed by atoms with Crippen LogP contribution in [0.25, 0.3) is 0 Å². The van der Waals surface area contributed by atoms with E-state index in [2.05, 4.69) is 45.9 Å². The van der Waals surface area contributed by atoms with Crippen molar-refractivity contribution in [1.82, 2.24) is 15.5 Å². The van der Waals surface area contributed by atoms with Crippen molar-refractivity contribution in [2.75, 3.05) is 19.6 Å². The van der Waals surface area contributed by atoms with Gasteiger partial charge in [-0.05, 0) is 75.1 Å². The second kappa shape index (κ2) is 11.0. The lowest BCUT2D eigenvalue weighted by Gasteiger charge is -2.32. The minimum absolute atomic E-state index is 0.0231. The number of thiocarbonyl (C=S) groups is 1. The molecule has 6 heteroatoms. The van der Waals surface area contributed by atoms with Gasteiger partial charge in [-0.3, -0.25) is 19.8 Å². The molecule has 1 aliphatic rings. The van der Waals surface area contributed by atoms with Crippen LogP contribution in [0.1, 0.15) is 52.5 Å². The summed E-state index contributed by atoms with van der Waals surface area (Å²) in [6, 6.07) is 17.2. The first-order valence-electron chi connectivity index (χ1n) is 10.5. The summed E-state index contributed by atoms with van der Waals surface area (Å²) in [5.74, 6) is 0.393. The third-order valence-electron chi connectivity index (χ3n) is 5.57. The molecule has 0 spiro atoms. The van der Waals surface area contributed by atoms with Crippen molar-refractivity contribution in [3.8, 4) is 0 Å². The number of amides is 1. The highest BCUT2D eigenvalue weighted by atomic mass is 32.1. The van der Waals surface area contributed by atoms with Crippen LogP contribution in [-0.2, 0) is 6.54 Å².